The van der Waals surface area contributed by atoms with Crippen LogP contribution in [0.3, 0.4) is 0 Å². The molecule has 1 saturated heterocycles. The van der Waals surface area contributed by atoms with E-state index < -0.39 is 5.60 Å². The van der Waals surface area contributed by atoms with Crippen molar-refractivity contribution >= 4 is 6.09 Å². The quantitative estimate of drug-likeness (QED) is 0.617. The van der Waals surface area contributed by atoms with E-state index >= 15 is 0 Å². The Bertz CT molecular complexity index is 247. The summed E-state index contributed by atoms with van der Waals surface area (Å²) in [6, 6.07) is 0.180. The van der Waals surface area contributed by atoms with Crippen molar-refractivity contribution in [3.05, 3.63) is 0 Å². The maximum absolute atomic E-state index is 11.3. The number of rotatable bonds is 1. The molecule has 5 heteroatoms. The molecule has 0 bridgehead atoms. The van der Waals surface area contributed by atoms with Crippen molar-refractivity contribution in [2.75, 3.05) is 0 Å². The lowest BCUT2D eigenvalue weighted by molar-refractivity contribution is 0.0430. The lowest BCUT2D eigenvalue weighted by Gasteiger charge is -2.32. The fourth-order valence-corrected chi connectivity index (χ4v) is 1.55. The molecule has 1 aliphatic carbocycles. The van der Waals surface area contributed by atoms with Crippen LogP contribution in [0.4, 0.5) is 4.79 Å². The summed E-state index contributed by atoms with van der Waals surface area (Å²) in [5.41, 5.74) is 2.26. The number of ether oxygens (including phenoxy) is 1. The molecule has 2 fully saturated rings. The van der Waals surface area contributed by atoms with Crippen LogP contribution in [-0.2, 0) is 9.57 Å². The second-order valence-corrected chi connectivity index (χ2v) is 4.95. The fraction of sp³-hybridized carbons (Fsp3) is 0.889. The summed E-state index contributed by atoms with van der Waals surface area (Å²) in [5, 5.41) is 2.79. The first-order valence-electron chi connectivity index (χ1n) is 4.83. The van der Waals surface area contributed by atoms with Crippen LogP contribution in [-0.4, -0.2) is 23.5 Å². The molecule has 2 aliphatic rings. The van der Waals surface area contributed by atoms with E-state index in [4.69, 9.17) is 9.57 Å². The second-order valence-electron chi connectivity index (χ2n) is 4.95. The summed E-state index contributed by atoms with van der Waals surface area (Å²) >= 11 is 0. The SMILES string of the molecule is CC(C)(C)OC(=O)NC1CC2(C1)NO2. The number of amides is 1. The maximum atomic E-state index is 11.3. The molecule has 1 heterocycles. The minimum atomic E-state index is -0.431. The Kier molecular flexibility index (Phi) is 1.97. The Morgan fingerprint density at radius 2 is 2.14 bits per heavy atom. The second kappa shape index (κ2) is 2.84. The molecule has 0 aromatic rings. The largest absolute Gasteiger partial charge is 0.444 e. The lowest BCUT2D eigenvalue weighted by Crippen LogP contribution is -2.51. The van der Waals surface area contributed by atoms with Crippen LogP contribution in [0.5, 0.6) is 0 Å². The molecular formula is C9H16N2O3. The van der Waals surface area contributed by atoms with Crippen LogP contribution in [0.2, 0.25) is 0 Å². The van der Waals surface area contributed by atoms with Crippen molar-refractivity contribution in [1.29, 1.82) is 0 Å². The number of nitrogens with one attached hydrogen (secondary N) is 2. The van der Waals surface area contributed by atoms with Gasteiger partial charge in [-0.05, 0) is 20.8 Å². The predicted molar refractivity (Wildman–Crippen MR) is 49.3 cm³/mol. The highest BCUT2D eigenvalue weighted by molar-refractivity contribution is 5.68. The first-order valence-corrected chi connectivity index (χ1v) is 4.83. The van der Waals surface area contributed by atoms with Gasteiger partial charge < -0.3 is 10.1 Å². The Hall–Kier alpha value is -0.810. The standard InChI is InChI=1S/C9H16N2O3/c1-8(2,3)13-7(12)10-6-4-9(5-6)11-14-9/h6,11H,4-5H2,1-3H3,(H,10,12). The molecule has 1 spiro atoms. The average molecular weight is 200 g/mol. The highest BCUT2D eigenvalue weighted by atomic mass is 16.8. The summed E-state index contributed by atoms with van der Waals surface area (Å²) in [6.07, 6.45) is 1.30. The molecule has 1 aliphatic heterocycles. The molecule has 2 rings (SSSR count). The molecule has 0 aromatic carbocycles. The Morgan fingerprint density at radius 1 is 1.57 bits per heavy atom. The van der Waals surface area contributed by atoms with Gasteiger partial charge in [-0.15, -0.1) is 0 Å². The third kappa shape index (κ3) is 2.16. The zero-order chi connectivity index (χ0) is 10.4. The molecule has 80 valence electrons. The van der Waals surface area contributed by atoms with Crippen molar-refractivity contribution in [3.63, 3.8) is 0 Å². The Morgan fingerprint density at radius 3 is 2.57 bits per heavy atom. The normalized spacial score (nSPS) is 34.9. The van der Waals surface area contributed by atoms with Gasteiger partial charge in [-0.2, -0.15) is 5.48 Å². The number of hydroxylamine groups is 1. The van der Waals surface area contributed by atoms with Crippen LogP contribution in [0.25, 0.3) is 0 Å². The topological polar surface area (TPSA) is 72.8 Å². The smallest absolute Gasteiger partial charge is 0.407 e. The van der Waals surface area contributed by atoms with E-state index in [1.54, 1.807) is 0 Å². The van der Waals surface area contributed by atoms with E-state index in [9.17, 15) is 4.79 Å². The van der Waals surface area contributed by atoms with Gasteiger partial charge in [0.25, 0.3) is 0 Å². The number of carbonyl (C=O) groups is 1. The number of carbonyl (C=O) groups excluding carboxylic acids is 1. The maximum Gasteiger partial charge on any atom is 0.407 e. The van der Waals surface area contributed by atoms with Gasteiger partial charge in [-0.3, -0.25) is 4.84 Å². The predicted octanol–water partition coefficient (Wildman–Crippen LogP) is 0.905. The van der Waals surface area contributed by atoms with E-state index in [0.29, 0.717) is 0 Å². The number of alkyl carbamates (subject to hydrolysis) is 1. The van der Waals surface area contributed by atoms with Gasteiger partial charge in [0.2, 0.25) is 0 Å². The van der Waals surface area contributed by atoms with Gasteiger partial charge in [0.1, 0.15) is 5.60 Å². The van der Waals surface area contributed by atoms with Crippen molar-refractivity contribution < 1.29 is 14.4 Å². The minimum absolute atomic E-state index is 0.111. The van der Waals surface area contributed by atoms with Crippen LogP contribution < -0.4 is 10.8 Å². The molecule has 0 unspecified atom stereocenters. The van der Waals surface area contributed by atoms with E-state index in [1.165, 1.54) is 0 Å². The molecular weight excluding hydrogens is 184 g/mol. The first kappa shape index (κ1) is 9.73. The van der Waals surface area contributed by atoms with Gasteiger partial charge in [-0.1, -0.05) is 0 Å². The molecule has 0 atom stereocenters. The van der Waals surface area contributed by atoms with E-state index in [-0.39, 0.29) is 17.9 Å². The van der Waals surface area contributed by atoms with E-state index in [1.807, 2.05) is 20.8 Å². The van der Waals surface area contributed by atoms with Crippen molar-refractivity contribution in [1.82, 2.24) is 10.8 Å². The van der Waals surface area contributed by atoms with Gasteiger partial charge in [0.05, 0.1) is 0 Å². The van der Waals surface area contributed by atoms with Crippen molar-refractivity contribution in [2.24, 2.45) is 0 Å². The molecule has 2 N–H and O–H groups in total. The Labute approximate surface area is 83.1 Å². The molecule has 1 amide bonds. The molecule has 0 radical (unpaired) electrons. The summed E-state index contributed by atoms with van der Waals surface area (Å²) in [4.78, 5) is 16.3. The highest BCUT2D eigenvalue weighted by Crippen LogP contribution is 2.41. The van der Waals surface area contributed by atoms with Crippen molar-refractivity contribution in [2.45, 2.75) is 51.0 Å². The van der Waals surface area contributed by atoms with E-state index in [2.05, 4.69) is 10.8 Å². The van der Waals surface area contributed by atoms with Gasteiger partial charge in [0.15, 0.2) is 5.72 Å². The summed E-state index contributed by atoms with van der Waals surface area (Å²) in [7, 11) is 0. The average Bonchev–Trinajstić information content (AvgIpc) is 2.60. The number of hydrogen-bond acceptors (Lipinski definition) is 4. The zero-order valence-electron chi connectivity index (χ0n) is 8.72. The summed E-state index contributed by atoms with van der Waals surface area (Å²) < 4.78 is 5.12. The monoisotopic (exact) mass is 200 g/mol. The summed E-state index contributed by atoms with van der Waals surface area (Å²) in [5.74, 6) is 0. The van der Waals surface area contributed by atoms with Crippen LogP contribution in [0.1, 0.15) is 33.6 Å². The summed E-state index contributed by atoms with van der Waals surface area (Å²) in [6.45, 7) is 5.54. The van der Waals surface area contributed by atoms with Crippen LogP contribution in [0, 0.1) is 0 Å². The third-order valence-corrected chi connectivity index (χ3v) is 2.26. The van der Waals surface area contributed by atoms with Crippen molar-refractivity contribution in [3.8, 4) is 0 Å². The fourth-order valence-electron chi connectivity index (χ4n) is 1.55. The van der Waals surface area contributed by atoms with Gasteiger partial charge >= 0.3 is 6.09 Å². The lowest BCUT2D eigenvalue weighted by atomic mass is 9.85. The van der Waals surface area contributed by atoms with Crippen LogP contribution in [0.15, 0.2) is 0 Å². The highest BCUT2D eigenvalue weighted by Gasteiger charge is 2.56. The first-order chi connectivity index (χ1) is 6.39. The van der Waals surface area contributed by atoms with Gasteiger partial charge in [0, 0.05) is 18.9 Å². The third-order valence-electron chi connectivity index (χ3n) is 2.26. The minimum Gasteiger partial charge on any atom is -0.444 e. The number of hydrogen-bond donors (Lipinski definition) is 2. The molecule has 5 nitrogen and oxygen atoms in total. The zero-order valence-corrected chi connectivity index (χ0v) is 8.72. The van der Waals surface area contributed by atoms with Crippen LogP contribution >= 0.6 is 0 Å². The molecule has 0 aromatic heterocycles. The van der Waals surface area contributed by atoms with Gasteiger partial charge in [-0.25, -0.2) is 4.79 Å². The Balaban J connectivity index is 1.68. The molecule has 1 saturated carbocycles. The van der Waals surface area contributed by atoms with E-state index in [0.717, 1.165) is 12.8 Å². The molecule has 14 heavy (non-hydrogen) atoms.